The van der Waals surface area contributed by atoms with Crippen LogP contribution >= 0.6 is 0 Å². The molecule has 0 saturated carbocycles. The van der Waals surface area contributed by atoms with E-state index in [0.29, 0.717) is 33.8 Å². The van der Waals surface area contributed by atoms with Gasteiger partial charge in [0.1, 0.15) is 11.5 Å². The van der Waals surface area contributed by atoms with Gasteiger partial charge in [-0.2, -0.15) is 0 Å². The van der Waals surface area contributed by atoms with Crippen LogP contribution in [0.4, 0.5) is 0 Å². The van der Waals surface area contributed by atoms with Crippen LogP contribution < -0.4 is 9.47 Å². The van der Waals surface area contributed by atoms with Gasteiger partial charge in [0.05, 0.1) is 14.2 Å². The van der Waals surface area contributed by atoms with E-state index in [2.05, 4.69) is 12.1 Å². The fourth-order valence-electron chi connectivity index (χ4n) is 7.27. The van der Waals surface area contributed by atoms with E-state index in [-0.39, 0.29) is 11.6 Å². The molecule has 0 radical (unpaired) electrons. The molecule has 188 valence electrons. The molecule has 2 aliphatic rings. The zero-order valence-electron chi connectivity index (χ0n) is 21.7. The topological polar surface area (TPSA) is 52.6 Å². The van der Waals surface area contributed by atoms with Gasteiger partial charge >= 0.3 is 0 Å². The summed E-state index contributed by atoms with van der Waals surface area (Å²) >= 11 is 0. The number of carbonyl (C=O) groups excluding carboxylic acids is 2. The molecule has 0 amide bonds. The molecule has 0 aromatic heterocycles. The number of ether oxygens (including phenoxy) is 2. The van der Waals surface area contributed by atoms with Crippen molar-refractivity contribution >= 4 is 54.7 Å². The summed E-state index contributed by atoms with van der Waals surface area (Å²) in [6, 6.07) is 27.6. The number of fused-ring (bicyclic) bond motifs is 6. The first-order valence-corrected chi connectivity index (χ1v) is 13.3. The Morgan fingerprint density at radius 2 is 0.800 bits per heavy atom. The van der Waals surface area contributed by atoms with Crippen LogP contribution in [0.15, 0.2) is 84.9 Å². The quantitative estimate of drug-likeness (QED) is 0.172. The minimum atomic E-state index is 0.0241. The molecule has 0 saturated heterocycles. The molecule has 7 aromatic carbocycles. The van der Waals surface area contributed by atoms with Crippen LogP contribution in [0, 0.1) is 0 Å². The summed E-state index contributed by atoms with van der Waals surface area (Å²) in [5, 5.41) is 7.64. The largest absolute Gasteiger partial charge is 0.496 e. The maximum absolute atomic E-state index is 13.7. The molecule has 9 rings (SSSR count). The van der Waals surface area contributed by atoms with Crippen molar-refractivity contribution in [3.63, 3.8) is 0 Å². The van der Waals surface area contributed by atoms with Gasteiger partial charge in [-0.1, -0.05) is 60.7 Å². The third kappa shape index (κ3) is 2.35. The van der Waals surface area contributed by atoms with Crippen LogP contribution in [-0.2, 0) is 0 Å². The Bertz CT molecular complexity index is 2160. The molecule has 0 heterocycles. The van der Waals surface area contributed by atoms with Crippen LogP contribution in [0.1, 0.15) is 31.8 Å². The highest BCUT2D eigenvalue weighted by molar-refractivity contribution is 6.43. The molecule has 0 aliphatic heterocycles. The fourth-order valence-corrected chi connectivity index (χ4v) is 7.27. The van der Waals surface area contributed by atoms with E-state index in [4.69, 9.17) is 9.47 Å². The molecular formula is C36H20O4. The number of rotatable bonds is 2. The first-order valence-electron chi connectivity index (χ1n) is 13.3. The van der Waals surface area contributed by atoms with Gasteiger partial charge in [0, 0.05) is 54.6 Å². The first kappa shape index (κ1) is 21.7. The lowest BCUT2D eigenvalue weighted by Gasteiger charge is -2.27. The van der Waals surface area contributed by atoms with Gasteiger partial charge in [-0.3, -0.25) is 9.59 Å². The van der Waals surface area contributed by atoms with Crippen molar-refractivity contribution in [1.82, 2.24) is 0 Å². The van der Waals surface area contributed by atoms with Crippen LogP contribution in [0.25, 0.3) is 65.3 Å². The molecule has 0 spiro atoms. The van der Waals surface area contributed by atoms with Gasteiger partial charge in [-0.05, 0) is 57.3 Å². The number of hydrogen-bond donors (Lipinski definition) is 0. The van der Waals surface area contributed by atoms with E-state index < -0.39 is 0 Å². The molecule has 0 N–H and O–H groups in total. The van der Waals surface area contributed by atoms with Crippen LogP contribution in [0.3, 0.4) is 0 Å². The number of benzene rings is 7. The summed E-state index contributed by atoms with van der Waals surface area (Å²) < 4.78 is 12.2. The Morgan fingerprint density at radius 3 is 1.20 bits per heavy atom. The van der Waals surface area contributed by atoms with E-state index in [9.17, 15) is 9.59 Å². The van der Waals surface area contributed by atoms with Crippen LogP contribution in [0.2, 0.25) is 0 Å². The lowest BCUT2D eigenvalue weighted by atomic mass is 9.76. The lowest BCUT2D eigenvalue weighted by molar-refractivity contribution is 0.103. The predicted molar refractivity (Wildman–Crippen MR) is 158 cm³/mol. The molecule has 0 unspecified atom stereocenters. The van der Waals surface area contributed by atoms with E-state index in [0.717, 1.165) is 65.3 Å². The molecular weight excluding hydrogens is 496 g/mol. The van der Waals surface area contributed by atoms with Crippen molar-refractivity contribution in [1.29, 1.82) is 0 Å². The number of methoxy groups -OCH3 is 2. The summed E-state index contributed by atoms with van der Waals surface area (Å²) in [4.78, 5) is 27.5. The number of hydrogen-bond acceptors (Lipinski definition) is 4. The molecule has 40 heavy (non-hydrogen) atoms. The second-order valence-corrected chi connectivity index (χ2v) is 10.6. The molecule has 0 atom stereocenters. The summed E-state index contributed by atoms with van der Waals surface area (Å²) in [6.45, 7) is 0. The number of ketones is 2. The van der Waals surface area contributed by atoms with Crippen molar-refractivity contribution in [3.05, 3.63) is 107 Å². The van der Waals surface area contributed by atoms with Gasteiger partial charge in [-0.15, -0.1) is 0 Å². The van der Waals surface area contributed by atoms with Crippen molar-refractivity contribution in [2.45, 2.75) is 0 Å². The second-order valence-electron chi connectivity index (χ2n) is 10.6. The fraction of sp³-hybridized carbons (Fsp3) is 0.0556. The predicted octanol–water partition coefficient (Wildman–Crippen LogP) is 8.18. The monoisotopic (exact) mass is 516 g/mol. The Morgan fingerprint density at radius 1 is 0.400 bits per heavy atom. The van der Waals surface area contributed by atoms with Crippen molar-refractivity contribution in [3.8, 4) is 33.8 Å². The Hall–Kier alpha value is -5.22. The highest BCUT2D eigenvalue weighted by Gasteiger charge is 2.33. The lowest BCUT2D eigenvalue weighted by Crippen LogP contribution is -2.12. The highest BCUT2D eigenvalue weighted by Crippen LogP contribution is 2.55. The maximum Gasteiger partial charge on any atom is 0.194 e. The third-order valence-corrected chi connectivity index (χ3v) is 8.89. The van der Waals surface area contributed by atoms with Crippen molar-refractivity contribution in [2.75, 3.05) is 14.2 Å². The smallest absolute Gasteiger partial charge is 0.194 e. The zero-order valence-corrected chi connectivity index (χ0v) is 21.7. The van der Waals surface area contributed by atoms with E-state index in [1.54, 1.807) is 14.2 Å². The Kier molecular flexibility index (Phi) is 3.93. The SMILES string of the molecule is COc1cc2c3c(ccc4c5ccc6c7c(cc(OC)c(c1c34)c75)-c1ccccc1C6=O)C(=O)c1ccccc1-2. The molecule has 0 fully saturated rings. The first-order chi connectivity index (χ1) is 19.6. The molecule has 7 aromatic rings. The average Bonchev–Trinajstić information content (AvgIpc) is 3.01. The molecule has 0 bridgehead atoms. The third-order valence-electron chi connectivity index (χ3n) is 8.89. The van der Waals surface area contributed by atoms with Crippen LogP contribution in [-0.4, -0.2) is 25.8 Å². The van der Waals surface area contributed by atoms with Gasteiger partial charge in [-0.25, -0.2) is 0 Å². The normalized spacial score (nSPS) is 13.3. The zero-order chi connectivity index (χ0) is 26.9. The highest BCUT2D eigenvalue weighted by atomic mass is 16.5. The van der Waals surface area contributed by atoms with Gasteiger partial charge in [0.25, 0.3) is 0 Å². The molecule has 4 nitrogen and oxygen atoms in total. The van der Waals surface area contributed by atoms with E-state index in [1.807, 2.05) is 72.8 Å². The van der Waals surface area contributed by atoms with Crippen LogP contribution in [0.5, 0.6) is 11.5 Å². The van der Waals surface area contributed by atoms with E-state index in [1.165, 1.54) is 0 Å². The minimum absolute atomic E-state index is 0.0241. The summed E-state index contributed by atoms with van der Waals surface area (Å²) in [5.74, 6) is 1.46. The number of carbonyl (C=O) groups is 2. The van der Waals surface area contributed by atoms with Gasteiger partial charge in [0.15, 0.2) is 11.6 Å². The summed E-state index contributed by atoms with van der Waals surface area (Å²) in [6.07, 6.45) is 0. The minimum Gasteiger partial charge on any atom is -0.496 e. The molecule has 4 heteroatoms. The van der Waals surface area contributed by atoms with Gasteiger partial charge < -0.3 is 9.47 Å². The summed E-state index contributed by atoms with van der Waals surface area (Å²) in [5.41, 5.74) is 6.56. The Labute approximate surface area is 228 Å². The van der Waals surface area contributed by atoms with Gasteiger partial charge in [0.2, 0.25) is 0 Å². The average molecular weight is 517 g/mol. The maximum atomic E-state index is 13.7. The van der Waals surface area contributed by atoms with Crippen molar-refractivity contribution in [2.24, 2.45) is 0 Å². The Balaban J connectivity index is 1.59. The second kappa shape index (κ2) is 7.25. The van der Waals surface area contributed by atoms with E-state index >= 15 is 0 Å². The summed E-state index contributed by atoms with van der Waals surface area (Å²) in [7, 11) is 3.36. The standard InChI is InChI=1S/C36H20O4/c1-39-27-15-25-17-7-3-5-9-21(17)35(37)23-13-11-19-20-12-14-24-30-26(18-8-4-6-10-22(18)36(24)38)16-28(40-2)34(32(20)30)33(27)31(19)29(23)25/h3-16H,1-2H3. The van der Waals surface area contributed by atoms with Crippen molar-refractivity contribution < 1.29 is 19.1 Å². The molecule has 2 aliphatic carbocycles.